The van der Waals surface area contributed by atoms with Gasteiger partial charge in [-0.25, -0.2) is 13.2 Å². The van der Waals surface area contributed by atoms with Gasteiger partial charge in [-0.1, -0.05) is 29.4 Å². The second-order valence-electron chi connectivity index (χ2n) is 9.04. The first-order chi connectivity index (χ1) is 17.3. The maximum Gasteiger partial charge on any atom is 0.282 e. The van der Waals surface area contributed by atoms with E-state index >= 15 is 0 Å². The zero-order valence-corrected chi connectivity index (χ0v) is 19.9. The van der Waals surface area contributed by atoms with Crippen molar-refractivity contribution in [3.05, 3.63) is 76.6 Å². The van der Waals surface area contributed by atoms with E-state index in [0.717, 1.165) is 34.9 Å². The Morgan fingerprint density at radius 3 is 2.64 bits per heavy atom. The summed E-state index contributed by atoms with van der Waals surface area (Å²) >= 11 is 0. The highest BCUT2D eigenvalue weighted by molar-refractivity contribution is 5.95. The van der Waals surface area contributed by atoms with E-state index in [1.54, 1.807) is 7.11 Å². The molecule has 1 saturated heterocycles. The number of rotatable bonds is 6. The third-order valence-corrected chi connectivity index (χ3v) is 6.40. The quantitative estimate of drug-likeness (QED) is 0.426. The monoisotopic (exact) mass is 495 g/mol. The molecule has 1 aliphatic heterocycles. The van der Waals surface area contributed by atoms with Crippen molar-refractivity contribution in [3.8, 4) is 22.8 Å². The molecular weight excluding hydrogens is 471 g/mol. The number of halogens is 3. The minimum atomic E-state index is -2.92. The van der Waals surface area contributed by atoms with E-state index in [-0.39, 0.29) is 17.3 Å². The van der Waals surface area contributed by atoms with Crippen molar-refractivity contribution in [2.75, 3.05) is 20.2 Å². The number of carbonyl (C=O) groups is 1. The van der Waals surface area contributed by atoms with Crippen LogP contribution in [0.3, 0.4) is 0 Å². The molecule has 36 heavy (non-hydrogen) atoms. The van der Waals surface area contributed by atoms with Gasteiger partial charge in [-0.2, -0.15) is 4.98 Å². The highest BCUT2D eigenvalue weighted by Crippen LogP contribution is 2.34. The molecule has 1 amide bonds. The molecule has 186 valence electrons. The molecular formula is C27H24F3N3O3. The van der Waals surface area contributed by atoms with E-state index in [4.69, 9.17) is 9.26 Å². The van der Waals surface area contributed by atoms with E-state index in [1.165, 1.54) is 23.3 Å². The Labute approximate surface area is 206 Å². The van der Waals surface area contributed by atoms with Crippen LogP contribution < -0.4 is 0 Å². The minimum Gasteiger partial charge on any atom is -0.380 e. The van der Waals surface area contributed by atoms with Crippen LogP contribution in [0.2, 0.25) is 0 Å². The standard InChI is InChI=1S/C27H24F3N3O3/c1-16-5-3-4-6-20(16)21-9-8-18(11-19(21)13-35-2)25-31-24(32-36-25)17-7-10-22(23(28)12-17)26(34)33-14-27(29,30)15-33/h3,5,7-12H,4,6,13-15H2,1-2H3. The first-order valence-corrected chi connectivity index (χ1v) is 11.6. The number of benzene rings is 2. The van der Waals surface area contributed by atoms with Gasteiger partial charge in [-0.3, -0.25) is 4.79 Å². The van der Waals surface area contributed by atoms with Gasteiger partial charge in [0.1, 0.15) is 5.82 Å². The second kappa shape index (κ2) is 9.39. The molecule has 1 aromatic heterocycles. The zero-order chi connectivity index (χ0) is 25.4. The lowest BCUT2D eigenvalue weighted by atomic mass is 9.89. The number of carbonyl (C=O) groups excluding carboxylic acids is 1. The molecule has 2 heterocycles. The molecule has 1 fully saturated rings. The summed E-state index contributed by atoms with van der Waals surface area (Å²) in [5.41, 5.74) is 5.32. The van der Waals surface area contributed by atoms with E-state index in [2.05, 4.69) is 29.2 Å². The Morgan fingerprint density at radius 1 is 1.17 bits per heavy atom. The first-order valence-electron chi connectivity index (χ1n) is 11.6. The Balaban J connectivity index is 1.40. The maximum absolute atomic E-state index is 14.7. The molecule has 0 atom stereocenters. The summed E-state index contributed by atoms with van der Waals surface area (Å²) in [7, 11) is 1.64. The van der Waals surface area contributed by atoms with Gasteiger partial charge in [0, 0.05) is 18.2 Å². The van der Waals surface area contributed by atoms with Crippen LogP contribution in [0.4, 0.5) is 13.2 Å². The molecule has 3 aromatic rings. The SMILES string of the molecule is COCc1cc(-c2nc(-c3ccc(C(=O)N4CC(F)(F)C4)c(F)c3)no2)ccc1C1=C(C)C=CCC1. The normalized spacial score (nSPS) is 16.9. The van der Waals surface area contributed by atoms with Gasteiger partial charge in [0.2, 0.25) is 5.82 Å². The number of nitrogens with zero attached hydrogens (tertiary/aromatic N) is 3. The molecule has 0 radical (unpaired) electrons. The molecule has 2 aromatic carbocycles. The highest BCUT2D eigenvalue weighted by Gasteiger charge is 2.46. The summed E-state index contributed by atoms with van der Waals surface area (Å²) < 4.78 is 51.7. The summed E-state index contributed by atoms with van der Waals surface area (Å²) in [4.78, 5) is 17.6. The van der Waals surface area contributed by atoms with Crippen molar-refractivity contribution in [1.29, 1.82) is 0 Å². The Kier molecular flexibility index (Phi) is 6.26. The van der Waals surface area contributed by atoms with E-state index in [9.17, 15) is 18.0 Å². The average Bonchev–Trinajstić information content (AvgIpc) is 3.33. The predicted octanol–water partition coefficient (Wildman–Crippen LogP) is 5.90. The van der Waals surface area contributed by atoms with Crippen LogP contribution in [0.15, 0.2) is 58.6 Å². The summed E-state index contributed by atoms with van der Waals surface area (Å²) in [6.45, 7) is 1.09. The van der Waals surface area contributed by atoms with Crippen molar-refractivity contribution in [1.82, 2.24) is 15.0 Å². The van der Waals surface area contributed by atoms with Crippen LogP contribution in [0.25, 0.3) is 28.4 Å². The van der Waals surface area contributed by atoms with Crippen LogP contribution in [-0.2, 0) is 11.3 Å². The third kappa shape index (κ3) is 4.58. The van der Waals surface area contributed by atoms with Crippen LogP contribution >= 0.6 is 0 Å². The van der Waals surface area contributed by atoms with E-state index in [1.807, 2.05) is 18.2 Å². The van der Waals surface area contributed by atoms with E-state index < -0.39 is 30.7 Å². The molecule has 6 nitrogen and oxygen atoms in total. The van der Waals surface area contributed by atoms with Crippen molar-refractivity contribution in [2.45, 2.75) is 32.3 Å². The molecule has 0 spiro atoms. The van der Waals surface area contributed by atoms with Gasteiger partial charge >= 0.3 is 0 Å². The summed E-state index contributed by atoms with van der Waals surface area (Å²) in [5.74, 6) is -4.13. The van der Waals surface area contributed by atoms with Gasteiger partial charge in [-0.15, -0.1) is 0 Å². The second-order valence-corrected chi connectivity index (χ2v) is 9.04. The Hall–Kier alpha value is -3.72. The fourth-order valence-corrected chi connectivity index (χ4v) is 4.54. The molecule has 0 saturated carbocycles. The number of alkyl halides is 2. The maximum atomic E-state index is 14.7. The average molecular weight is 496 g/mol. The number of methoxy groups -OCH3 is 1. The number of allylic oxidation sites excluding steroid dienone is 4. The number of likely N-dealkylation sites (tertiary alicyclic amines) is 1. The fourth-order valence-electron chi connectivity index (χ4n) is 4.54. The smallest absolute Gasteiger partial charge is 0.282 e. The largest absolute Gasteiger partial charge is 0.380 e. The molecule has 1 aliphatic carbocycles. The summed E-state index contributed by atoms with van der Waals surface area (Å²) in [5, 5.41) is 3.96. The third-order valence-electron chi connectivity index (χ3n) is 6.40. The lowest BCUT2D eigenvalue weighted by Crippen LogP contribution is -2.58. The topological polar surface area (TPSA) is 68.5 Å². The van der Waals surface area contributed by atoms with Gasteiger partial charge in [0.05, 0.1) is 25.3 Å². The summed E-state index contributed by atoms with van der Waals surface area (Å²) in [6, 6.07) is 9.68. The lowest BCUT2D eigenvalue weighted by Gasteiger charge is -2.38. The van der Waals surface area contributed by atoms with Gasteiger partial charge in [0.15, 0.2) is 0 Å². The van der Waals surface area contributed by atoms with Gasteiger partial charge in [0.25, 0.3) is 17.7 Å². The van der Waals surface area contributed by atoms with Crippen LogP contribution in [0, 0.1) is 5.82 Å². The highest BCUT2D eigenvalue weighted by atomic mass is 19.3. The first kappa shape index (κ1) is 24.0. The van der Waals surface area contributed by atoms with Crippen molar-refractivity contribution >= 4 is 11.5 Å². The minimum absolute atomic E-state index is 0.145. The fraction of sp³-hybridized carbons (Fsp3) is 0.296. The van der Waals surface area contributed by atoms with Crippen LogP contribution in [0.5, 0.6) is 0 Å². The number of hydrogen-bond acceptors (Lipinski definition) is 5. The van der Waals surface area contributed by atoms with Gasteiger partial charge < -0.3 is 14.2 Å². The number of amides is 1. The molecule has 0 N–H and O–H groups in total. The molecule has 0 unspecified atom stereocenters. The lowest BCUT2D eigenvalue weighted by molar-refractivity contribution is -0.113. The van der Waals surface area contributed by atoms with Crippen molar-refractivity contribution in [2.24, 2.45) is 0 Å². The predicted molar refractivity (Wildman–Crippen MR) is 128 cm³/mol. The molecule has 0 bridgehead atoms. The Morgan fingerprint density at radius 2 is 1.94 bits per heavy atom. The zero-order valence-electron chi connectivity index (χ0n) is 19.9. The molecule has 9 heteroatoms. The van der Waals surface area contributed by atoms with Crippen molar-refractivity contribution in [3.63, 3.8) is 0 Å². The molecule has 2 aliphatic rings. The number of ether oxygens (including phenoxy) is 1. The van der Waals surface area contributed by atoms with Crippen LogP contribution in [-0.4, -0.2) is 47.1 Å². The van der Waals surface area contributed by atoms with Gasteiger partial charge in [-0.05, 0) is 66.3 Å². The van der Waals surface area contributed by atoms with Crippen LogP contribution in [0.1, 0.15) is 41.3 Å². The Bertz CT molecular complexity index is 1390. The number of aromatic nitrogens is 2. The molecule has 5 rings (SSSR count). The number of hydrogen-bond donors (Lipinski definition) is 0. The van der Waals surface area contributed by atoms with Crippen molar-refractivity contribution < 1.29 is 27.2 Å². The summed E-state index contributed by atoms with van der Waals surface area (Å²) in [6.07, 6.45) is 6.23. The van der Waals surface area contributed by atoms with E-state index in [0.29, 0.717) is 17.7 Å².